The van der Waals surface area contributed by atoms with Crippen LogP contribution >= 0.6 is 11.6 Å². The van der Waals surface area contributed by atoms with E-state index in [1.54, 1.807) is 12.1 Å². The van der Waals surface area contributed by atoms with Crippen molar-refractivity contribution in [1.29, 1.82) is 0 Å². The number of aromatic nitrogens is 1. The van der Waals surface area contributed by atoms with Crippen molar-refractivity contribution in [2.45, 2.75) is 12.5 Å². The number of nitrogens with one attached hydrogen (secondary N) is 1. The Morgan fingerprint density at radius 2 is 1.83 bits per heavy atom. The fourth-order valence-corrected chi connectivity index (χ4v) is 2.78. The summed E-state index contributed by atoms with van der Waals surface area (Å²) in [5.74, 6) is -0.344. The summed E-state index contributed by atoms with van der Waals surface area (Å²) in [5.41, 5.74) is 2.03. The second-order valence-electron chi connectivity index (χ2n) is 5.42. The lowest BCUT2D eigenvalue weighted by atomic mass is 10.1. The van der Waals surface area contributed by atoms with Crippen LogP contribution in [0.2, 0.25) is 5.15 Å². The lowest BCUT2D eigenvalue weighted by Gasteiger charge is -2.14. The predicted octanol–water partition coefficient (Wildman–Crippen LogP) is 3.43. The third-order valence-electron chi connectivity index (χ3n) is 3.71. The van der Waals surface area contributed by atoms with Crippen molar-refractivity contribution >= 4 is 34.7 Å². The highest BCUT2D eigenvalue weighted by atomic mass is 35.5. The number of carbonyl (C=O) groups excluding carboxylic acids is 2. The highest BCUT2D eigenvalue weighted by molar-refractivity contribution is 6.30. The van der Waals surface area contributed by atoms with Gasteiger partial charge in [-0.1, -0.05) is 60.1 Å². The largest absolute Gasteiger partial charge is 0.342 e. The van der Waals surface area contributed by atoms with E-state index in [4.69, 9.17) is 11.6 Å². The molecule has 3 rings (SSSR count). The third-order valence-corrected chi connectivity index (χ3v) is 3.90. The number of hydrogen-bond acceptors (Lipinski definition) is 3. The van der Waals surface area contributed by atoms with Gasteiger partial charge in [0, 0.05) is 5.39 Å². The van der Waals surface area contributed by atoms with Gasteiger partial charge < -0.3 is 10.1 Å². The highest BCUT2D eigenvalue weighted by Crippen LogP contribution is 2.21. The summed E-state index contributed by atoms with van der Waals surface area (Å²) in [4.78, 5) is 28.2. The summed E-state index contributed by atoms with van der Waals surface area (Å²) in [6.45, 7) is 0. The molecule has 0 unspecified atom stereocenters. The SMILES string of the molecule is O=C[C@H](Cc1ccccc1)NC(=O)c1cc(Cl)nc2ccccc12. The summed E-state index contributed by atoms with van der Waals surface area (Å²) in [6.07, 6.45) is 1.18. The van der Waals surface area contributed by atoms with Gasteiger partial charge in [-0.3, -0.25) is 4.79 Å². The molecule has 120 valence electrons. The first kappa shape index (κ1) is 16.1. The molecule has 5 heteroatoms. The Morgan fingerprint density at radius 3 is 2.58 bits per heavy atom. The number of rotatable bonds is 5. The van der Waals surface area contributed by atoms with Crippen LogP contribution in [-0.2, 0) is 11.2 Å². The zero-order chi connectivity index (χ0) is 16.9. The maximum atomic E-state index is 12.6. The first-order valence-corrected chi connectivity index (χ1v) is 7.90. The first-order valence-electron chi connectivity index (χ1n) is 7.53. The van der Waals surface area contributed by atoms with Crippen molar-refractivity contribution in [3.05, 3.63) is 76.9 Å². The number of benzene rings is 2. The first-order chi connectivity index (χ1) is 11.7. The number of carbonyl (C=O) groups is 2. The molecule has 0 fully saturated rings. The summed E-state index contributed by atoms with van der Waals surface area (Å²) in [6, 6.07) is 17.7. The Morgan fingerprint density at radius 1 is 1.12 bits per heavy atom. The molecule has 1 N–H and O–H groups in total. The molecule has 0 spiro atoms. The van der Waals surface area contributed by atoms with Crippen LogP contribution in [0.5, 0.6) is 0 Å². The van der Waals surface area contributed by atoms with Crippen LogP contribution in [0.15, 0.2) is 60.7 Å². The van der Waals surface area contributed by atoms with E-state index in [0.29, 0.717) is 22.9 Å². The van der Waals surface area contributed by atoms with E-state index in [-0.39, 0.29) is 11.1 Å². The summed E-state index contributed by atoms with van der Waals surface area (Å²) >= 11 is 6.01. The van der Waals surface area contributed by atoms with E-state index in [1.165, 1.54) is 6.07 Å². The van der Waals surface area contributed by atoms with Crippen LogP contribution in [0.4, 0.5) is 0 Å². The lowest BCUT2D eigenvalue weighted by Crippen LogP contribution is -2.37. The van der Waals surface area contributed by atoms with Crippen LogP contribution < -0.4 is 5.32 Å². The van der Waals surface area contributed by atoms with Gasteiger partial charge in [-0.2, -0.15) is 0 Å². The predicted molar refractivity (Wildman–Crippen MR) is 94.2 cm³/mol. The van der Waals surface area contributed by atoms with Gasteiger partial charge in [-0.05, 0) is 24.1 Å². The van der Waals surface area contributed by atoms with E-state index < -0.39 is 6.04 Å². The monoisotopic (exact) mass is 338 g/mol. The lowest BCUT2D eigenvalue weighted by molar-refractivity contribution is -0.109. The molecule has 1 atom stereocenters. The number of nitrogens with zero attached hydrogens (tertiary/aromatic N) is 1. The van der Waals surface area contributed by atoms with Crippen LogP contribution in [-0.4, -0.2) is 23.2 Å². The maximum absolute atomic E-state index is 12.6. The van der Waals surface area contributed by atoms with Gasteiger partial charge in [0.05, 0.1) is 17.1 Å². The normalized spacial score (nSPS) is 11.9. The van der Waals surface area contributed by atoms with Crippen LogP contribution in [0.25, 0.3) is 10.9 Å². The molecule has 24 heavy (non-hydrogen) atoms. The second-order valence-corrected chi connectivity index (χ2v) is 5.80. The second kappa shape index (κ2) is 7.23. The molecular formula is C19H15ClN2O2. The Balaban J connectivity index is 1.85. The van der Waals surface area contributed by atoms with Gasteiger partial charge in [-0.25, -0.2) is 4.98 Å². The van der Waals surface area contributed by atoms with E-state index in [1.807, 2.05) is 42.5 Å². The molecule has 1 aromatic heterocycles. The Hall–Kier alpha value is -2.72. The Kier molecular flexibility index (Phi) is 4.87. The molecule has 0 aliphatic heterocycles. The Bertz CT molecular complexity index is 881. The van der Waals surface area contributed by atoms with Gasteiger partial charge in [0.15, 0.2) is 0 Å². The zero-order valence-corrected chi connectivity index (χ0v) is 13.5. The minimum Gasteiger partial charge on any atom is -0.342 e. The van der Waals surface area contributed by atoms with Gasteiger partial charge in [-0.15, -0.1) is 0 Å². The molecule has 0 radical (unpaired) electrons. The maximum Gasteiger partial charge on any atom is 0.252 e. The number of para-hydroxylation sites is 1. The molecule has 0 saturated heterocycles. The average Bonchev–Trinajstić information content (AvgIpc) is 2.61. The smallest absolute Gasteiger partial charge is 0.252 e. The minimum absolute atomic E-state index is 0.240. The van der Waals surface area contributed by atoms with Crippen molar-refractivity contribution in [2.24, 2.45) is 0 Å². The standard InChI is InChI=1S/C19H15ClN2O2/c20-18-11-16(15-8-4-5-9-17(15)22-18)19(24)21-14(12-23)10-13-6-2-1-3-7-13/h1-9,11-12,14H,10H2,(H,21,24)/t14-/m0/s1. The molecule has 0 bridgehead atoms. The molecule has 1 heterocycles. The quantitative estimate of drug-likeness (QED) is 0.572. The number of halogens is 1. The molecule has 0 saturated carbocycles. The number of aldehydes is 1. The molecular weight excluding hydrogens is 324 g/mol. The van der Waals surface area contributed by atoms with Crippen molar-refractivity contribution in [1.82, 2.24) is 10.3 Å². The fraction of sp³-hybridized carbons (Fsp3) is 0.105. The van der Waals surface area contributed by atoms with E-state index in [2.05, 4.69) is 10.3 Å². The van der Waals surface area contributed by atoms with Crippen LogP contribution in [0.3, 0.4) is 0 Å². The van der Waals surface area contributed by atoms with Gasteiger partial charge in [0.25, 0.3) is 5.91 Å². The van der Waals surface area contributed by atoms with E-state index in [0.717, 1.165) is 11.8 Å². The summed E-state index contributed by atoms with van der Waals surface area (Å²) in [7, 11) is 0. The van der Waals surface area contributed by atoms with Crippen molar-refractivity contribution in [3.63, 3.8) is 0 Å². The van der Waals surface area contributed by atoms with Crippen molar-refractivity contribution < 1.29 is 9.59 Å². The average molecular weight is 339 g/mol. The molecule has 3 aromatic rings. The van der Waals surface area contributed by atoms with E-state index in [9.17, 15) is 9.59 Å². The highest BCUT2D eigenvalue weighted by Gasteiger charge is 2.17. The number of pyridine rings is 1. The number of hydrogen-bond donors (Lipinski definition) is 1. The van der Waals surface area contributed by atoms with Gasteiger partial charge in [0.2, 0.25) is 0 Å². The van der Waals surface area contributed by atoms with Crippen molar-refractivity contribution in [3.8, 4) is 0 Å². The minimum atomic E-state index is -0.606. The van der Waals surface area contributed by atoms with Gasteiger partial charge >= 0.3 is 0 Å². The van der Waals surface area contributed by atoms with E-state index >= 15 is 0 Å². The molecule has 2 aromatic carbocycles. The molecule has 0 aliphatic rings. The van der Waals surface area contributed by atoms with Crippen molar-refractivity contribution in [2.75, 3.05) is 0 Å². The number of amides is 1. The van der Waals surface area contributed by atoms with Gasteiger partial charge in [0.1, 0.15) is 11.4 Å². The molecule has 4 nitrogen and oxygen atoms in total. The van der Waals surface area contributed by atoms with Crippen LogP contribution in [0.1, 0.15) is 15.9 Å². The number of fused-ring (bicyclic) bond motifs is 1. The molecule has 0 aliphatic carbocycles. The fourth-order valence-electron chi connectivity index (χ4n) is 2.58. The Labute approximate surface area is 144 Å². The molecule has 1 amide bonds. The topological polar surface area (TPSA) is 59.1 Å². The summed E-state index contributed by atoms with van der Waals surface area (Å²) in [5, 5.41) is 3.70. The summed E-state index contributed by atoms with van der Waals surface area (Å²) < 4.78 is 0. The third kappa shape index (κ3) is 3.60. The van der Waals surface area contributed by atoms with Crippen LogP contribution in [0, 0.1) is 0 Å². The zero-order valence-electron chi connectivity index (χ0n) is 12.8.